The summed E-state index contributed by atoms with van der Waals surface area (Å²) >= 11 is 0. The standard InChI is InChI=1S/C20H23N3O4S/c21-16-8-4-13(5-9-16)14-6-10-17(11-7-14)28(26,27)23-18-3-1-2-15(18)12-19(23)20(24)22-25/h4-11,15,18-19,25H,1-3,12,21H2,(H,22,24)/t15-,18?,19?/m1/s1. The third-order valence-electron chi connectivity index (χ3n) is 5.87. The van der Waals surface area contributed by atoms with E-state index in [0.717, 1.165) is 30.4 Å². The van der Waals surface area contributed by atoms with Crippen LogP contribution in [0.4, 0.5) is 5.69 Å². The SMILES string of the molecule is Nc1ccc(-c2ccc(S(=O)(=O)N3C(C(=O)NO)C[C@H]4CCCC43)cc2)cc1. The van der Waals surface area contributed by atoms with Gasteiger partial charge < -0.3 is 5.73 Å². The van der Waals surface area contributed by atoms with Crippen LogP contribution in [0.3, 0.4) is 0 Å². The van der Waals surface area contributed by atoms with E-state index < -0.39 is 22.0 Å². The number of rotatable bonds is 4. The van der Waals surface area contributed by atoms with E-state index in [2.05, 4.69) is 0 Å². The van der Waals surface area contributed by atoms with Crippen LogP contribution in [-0.2, 0) is 14.8 Å². The summed E-state index contributed by atoms with van der Waals surface area (Å²) in [5, 5.41) is 9.06. The molecule has 1 heterocycles. The van der Waals surface area contributed by atoms with Gasteiger partial charge in [0.1, 0.15) is 6.04 Å². The Kier molecular flexibility index (Phi) is 4.86. The lowest BCUT2D eigenvalue weighted by Gasteiger charge is -2.27. The number of nitrogen functional groups attached to an aromatic ring is 1. The molecule has 4 rings (SSSR count). The van der Waals surface area contributed by atoms with Crippen LogP contribution in [0.5, 0.6) is 0 Å². The zero-order chi connectivity index (χ0) is 19.9. The third-order valence-corrected chi connectivity index (χ3v) is 7.81. The van der Waals surface area contributed by atoms with Gasteiger partial charge >= 0.3 is 0 Å². The summed E-state index contributed by atoms with van der Waals surface area (Å²) in [6.45, 7) is 0. The highest BCUT2D eigenvalue weighted by molar-refractivity contribution is 7.89. The smallest absolute Gasteiger partial charge is 0.261 e. The highest BCUT2D eigenvalue weighted by atomic mass is 32.2. The van der Waals surface area contributed by atoms with Crippen molar-refractivity contribution in [3.05, 3.63) is 48.5 Å². The second-order valence-corrected chi connectivity index (χ2v) is 9.31. The number of anilines is 1. The van der Waals surface area contributed by atoms with Crippen molar-refractivity contribution in [2.75, 3.05) is 5.73 Å². The fourth-order valence-corrected chi connectivity index (χ4v) is 6.38. The lowest BCUT2D eigenvalue weighted by atomic mass is 10.0. The molecule has 2 unspecified atom stereocenters. The van der Waals surface area contributed by atoms with Crippen LogP contribution in [0, 0.1) is 5.92 Å². The maximum Gasteiger partial charge on any atom is 0.261 e. The van der Waals surface area contributed by atoms with Gasteiger partial charge in [0.15, 0.2) is 0 Å². The molecule has 8 heteroatoms. The average molecular weight is 401 g/mol. The van der Waals surface area contributed by atoms with Gasteiger partial charge in [-0.3, -0.25) is 10.0 Å². The van der Waals surface area contributed by atoms with Crippen molar-refractivity contribution in [2.24, 2.45) is 5.92 Å². The summed E-state index contributed by atoms with van der Waals surface area (Å²) in [6.07, 6.45) is 3.04. The zero-order valence-electron chi connectivity index (χ0n) is 15.3. The number of nitrogens with one attached hydrogen (secondary N) is 1. The van der Waals surface area contributed by atoms with Crippen molar-refractivity contribution in [1.29, 1.82) is 0 Å². The number of hydrogen-bond acceptors (Lipinski definition) is 5. The quantitative estimate of drug-likeness (QED) is 0.414. The number of hydrogen-bond donors (Lipinski definition) is 3. The van der Waals surface area contributed by atoms with E-state index in [1.54, 1.807) is 41.9 Å². The molecular formula is C20H23N3O4S. The van der Waals surface area contributed by atoms with Gasteiger partial charge in [0.2, 0.25) is 10.0 Å². The second kappa shape index (κ2) is 7.20. The molecule has 0 aromatic heterocycles. The fraction of sp³-hybridized carbons (Fsp3) is 0.350. The second-order valence-electron chi connectivity index (χ2n) is 7.47. The van der Waals surface area contributed by atoms with Gasteiger partial charge in [0, 0.05) is 11.7 Å². The van der Waals surface area contributed by atoms with Gasteiger partial charge in [-0.15, -0.1) is 0 Å². The maximum atomic E-state index is 13.3. The Morgan fingerprint density at radius 2 is 1.64 bits per heavy atom. The Hall–Kier alpha value is -2.42. The highest BCUT2D eigenvalue weighted by Gasteiger charge is 2.52. The van der Waals surface area contributed by atoms with Crippen molar-refractivity contribution >= 4 is 21.6 Å². The fourth-order valence-electron chi connectivity index (χ4n) is 4.51. The van der Waals surface area contributed by atoms with Gasteiger partial charge in [0.25, 0.3) is 5.91 Å². The minimum atomic E-state index is -3.86. The number of nitrogens with two attached hydrogens (primary N) is 1. The summed E-state index contributed by atoms with van der Waals surface area (Å²) in [4.78, 5) is 12.3. The van der Waals surface area contributed by atoms with Crippen LogP contribution in [0.1, 0.15) is 25.7 Å². The van der Waals surface area contributed by atoms with Gasteiger partial charge in [-0.25, -0.2) is 13.9 Å². The number of hydroxylamine groups is 1. The van der Waals surface area contributed by atoms with Crippen molar-refractivity contribution < 1.29 is 18.4 Å². The molecule has 1 aliphatic carbocycles. The van der Waals surface area contributed by atoms with E-state index >= 15 is 0 Å². The summed E-state index contributed by atoms with van der Waals surface area (Å²) in [5.74, 6) is -0.511. The molecule has 1 saturated heterocycles. The predicted molar refractivity (Wildman–Crippen MR) is 105 cm³/mol. The lowest BCUT2D eigenvalue weighted by Crippen LogP contribution is -2.48. The number of nitrogens with zero attached hydrogens (tertiary/aromatic N) is 1. The molecule has 2 aliphatic rings. The molecule has 7 nitrogen and oxygen atoms in total. The highest BCUT2D eigenvalue weighted by Crippen LogP contribution is 2.44. The van der Waals surface area contributed by atoms with Crippen molar-refractivity contribution in [3.8, 4) is 11.1 Å². The molecule has 3 atom stereocenters. The summed E-state index contributed by atoms with van der Waals surface area (Å²) in [6, 6.07) is 12.9. The molecule has 1 aliphatic heterocycles. The van der Waals surface area contributed by atoms with Crippen LogP contribution in [0.2, 0.25) is 0 Å². The van der Waals surface area contributed by atoms with Gasteiger partial charge in [-0.2, -0.15) is 4.31 Å². The predicted octanol–water partition coefficient (Wildman–Crippen LogP) is 2.37. The Morgan fingerprint density at radius 1 is 1.04 bits per heavy atom. The summed E-state index contributed by atoms with van der Waals surface area (Å²) < 4.78 is 28.0. The van der Waals surface area contributed by atoms with E-state index in [1.165, 1.54) is 4.31 Å². The van der Waals surface area contributed by atoms with E-state index in [1.807, 2.05) is 12.1 Å². The van der Waals surface area contributed by atoms with Gasteiger partial charge in [-0.05, 0) is 60.6 Å². The Balaban J connectivity index is 1.66. The first kappa shape index (κ1) is 18.9. The van der Waals surface area contributed by atoms with Crippen LogP contribution < -0.4 is 11.2 Å². The Morgan fingerprint density at radius 3 is 2.25 bits per heavy atom. The number of sulfonamides is 1. The molecule has 148 valence electrons. The molecule has 28 heavy (non-hydrogen) atoms. The molecule has 0 bridgehead atoms. The number of carbonyl (C=O) groups is 1. The Labute approximate surface area is 164 Å². The molecular weight excluding hydrogens is 378 g/mol. The van der Waals surface area contributed by atoms with Gasteiger partial charge in [-0.1, -0.05) is 30.7 Å². The van der Waals surface area contributed by atoms with Crippen LogP contribution >= 0.6 is 0 Å². The summed E-state index contributed by atoms with van der Waals surface area (Å²) in [7, 11) is -3.86. The number of fused-ring (bicyclic) bond motifs is 1. The third kappa shape index (κ3) is 3.17. The first-order chi connectivity index (χ1) is 13.4. The number of benzene rings is 2. The largest absolute Gasteiger partial charge is 0.399 e. The monoisotopic (exact) mass is 401 g/mol. The molecule has 0 spiro atoms. The molecule has 2 aromatic rings. The zero-order valence-corrected chi connectivity index (χ0v) is 16.1. The maximum absolute atomic E-state index is 13.3. The van der Waals surface area contributed by atoms with Crippen LogP contribution in [0.15, 0.2) is 53.4 Å². The normalized spacial score (nSPS) is 24.8. The molecule has 0 radical (unpaired) electrons. The lowest BCUT2D eigenvalue weighted by molar-refractivity contribution is -0.132. The summed E-state index contributed by atoms with van der Waals surface area (Å²) in [5.41, 5.74) is 9.82. The van der Waals surface area contributed by atoms with E-state index in [9.17, 15) is 13.2 Å². The minimum Gasteiger partial charge on any atom is -0.399 e. The van der Waals surface area contributed by atoms with E-state index in [4.69, 9.17) is 10.9 Å². The van der Waals surface area contributed by atoms with E-state index in [0.29, 0.717) is 12.1 Å². The molecule has 1 saturated carbocycles. The Bertz CT molecular complexity index is 974. The van der Waals surface area contributed by atoms with Crippen LogP contribution in [-0.4, -0.2) is 35.9 Å². The molecule has 2 aromatic carbocycles. The molecule has 4 N–H and O–H groups in total. The van der Waals surface area contributed by atoms with E-state index in [-0.39, 0.29) is 16.9 Å². The van der Waals surface area contributed by atoms with Gasteiger partial charge in [0.05, 0.1) is 4.90 Å². The first-order valence-electron chi connectivity index (χ1n) is 9.35. The first-order valence-corrected chi connectivity index (χ1v) is 10.8. The molecule has 1 amide bonds. The number of amides is 1. The van der Waals surface area contributed by atoms with Crippen molar-refractivity contribution in [2.45, 2.75) is 42.7 Å². The van der Waals surface area contributed by atoms with Crippen LogP contribution in [0.25, 0.3) is 11.1 Å². The average Bonchev–Trinajstić information content (AvgIpc) is 3.29. The molecule has 2 fully saturated rings. The van der Waals surface area contributed by atoms with Crippen molar-refractivity contribution in [1.82, 2.24) is 9.79 Å². The number of carbonyl (C=O) groups excluding carboxylic acids is 1. The van der Waals surface area contributed by atoms with Crippen molar-refractivity contribution in [3.63, 3.8) is 0 Å². The minimum absolute atomic E-state index is 0.148. The topological polar surface area (TPSA) is 113 Å².